The van der Waals surface area contributed by atoms with E-state index in [-0.39, 0.29) is 23.1 Å². The minimum Gasteiger partial charge on any atom is -0.452 e. The first-order valence-corrected chi connectivity index (χ1v) is 9.77. The molecule has 0 saturated heterocycles. The molecule has 3 rings (SSSR count). The Morgan fingerprint density at radius 1 is 1.07 bits per heavy atom. The lowest BCUT2D eigenvalue weighted by atomic mass is 9.96. The molecule has 0 radical (unpaired) electrons. The van der Waals surface area contributed by atoms with E-state index in [1.807, 2.05) is 0 Å². The van der Waals surface area contributed by atoms with E-state index in [0.717, 1.165) is 32.1 Å². The average molecular weight is 414 g/mol. The molecule has 1 saturated carbocycles. The van der Waals surface area contributed by atoms with Crippen LogP contribution in [0.15, 0.2) is 42.6 Å². The number of halogens is 1. The first kappa shape index (κ1) is 21.2. The van der Waals surface area contributed by atoms with E-state index < -0.39 is 30.3 Å². The van der Waals surface area contributed by atoms with E-state index in [4.69, 9.17) is 4.74 Å². The van der Waals surface area contributed by atoms with Crippen LogP contribution >= 0.6 is 0 Å². The van der Waals surface area contributed by atoms with Gasteiger partial charge < -0.3 is 15.4 Å². The van der Waals surface area contributed by atoms with Gasteiger partial charge in [0.2, 0.25) is 0 Å². The summed E-state index contributed by atoms with van der Waals surface area (Å²) in [7, 11) is 0. The lowest BCUT2D eigenvalue weighted by Gasteiger charge is -2.22. The fourth-order valence-electron chi connectivity index (χ4n) is 3.20. The number of carbonyl (C=O) groups is 3. The number of nitrogens with one attached hydrogen (secondary N) is 3. The Labute approximate surface area is 173 Å². The van der Waals surface area contributed by atoms with Crippen LogP contribution in [-0.4, -0.2) is 35.5 Å². The van der Waals surface area contributed by atoms with Gasteiger partial charge in [0.25, 0.3) is 5.91 Å². The van der Waals surface area contributed by atoms with Gasteiger partial charge in [-0.15, -0.1) is 0 Å². The van der Waals surface area contributed by atoms with E-state index >= 15 is 0 Å². The maximum absolute atomic E-state index is 13.9. The number of para-hydroxylation sites is 1. The Morgan fingerprint density at radius 3 is 2.60 bits per heavy atom. The second-order valence-electron chi connectivity index (χ2n) is 6.94. The van der Waals surface area contributed by atoms with Crippen LogP contribution in [0.3, 0.4) is 0 Å². The fourth-order valence-corrected chi connectivity index (χ4v) is 3.20. The molecule has 3 N–H and O–H groups in total. The number of nitrogens with zero attached hydrogens (tertiary/aromatic N) is 1. The third-order valence-corrected chi connectivity index (χ3v) is 4.68. The van der Waals surface area contributed by atoms with Gasteiger partial charge in [0.15, 0.2) is 6.61 Å². The minimum absolute atomic E-state index is 0.0280. The molecule has 1 heterocycles. The number of carbonyl (C=O) groups excluding carboxylic acids is 3. The van der Waals surface area contributed by atoms with Gasteiger partial charge in [0.1, 0.15) is 17.2 Å². The van der Waals surface area contributed by atoms with Crippen molar-refractivity contribution < 1.29 is 23.5 Å². The molecule has 0 aliphatic heterocycles. The van der Waals surface area contributed by atoms with Gasteiger partial charge in [-0.05, 0) is 37.1 Å². The largest absolute Gasteiger partial charge is 0.452 e. The van der Waals surface area contributed by atoms with Gasteiger partial charge in [0, 0.05) is 12.2 Å². The Morgan fingerprint density at radius 2 is 1.83 bits per heavy atom. The smallest absolute Gasteiger partial charge is 0.342 e. The first-order valence-electron chi connectivity index (χ1n) is 9.77. The molecule has 1 aliphatic rings. The summed E-state index contributed by atoms with van der Waals surface area (Å²) in [4.78, 5) is 40.2. The number of aromatic nitrogens is 1. The van der Waals surface area contributed by atoms with Crippen LogP contribution in [0, 0.1) is 5.82 Å². The van der Waals surface area contributed by atoms with Gasteiger partial charge in [-0.25, -0.2) is 19.0 Å². The Kier molecular flexibility index (Phi) is 7.31. The van der Waals surface area contributed by atoms with Crippen molar-refractivity contribution in [1.29, 1.82) is 0 Å². The number of esters is 1. The molecule has 0 unspecified atom stereocenters. The normalized spacial score (nSPS) is 13.9. The number of rotatable bonds is 6. The lowest BCUT2D eigenvalue weighted by Crippen LogP contribution is -2.46. The summed E-state index contributed by atoms with van der Waals surface area (Å²) in [5.41, 5.74) is 0.169. The van der Waals surface area contributed by atoms with E-state index in [9.17, 15) is 18.8 Å². The zero-order chi connectivity index (χ0) is 21.3. The van der Waals surface area contributed by atoms with Crippen LogP contribution in [0.5, 0.6) is 0 Å². The monoisotopic (exact) mass is 414 g/mol. The van der Waals surface area contributed by atoms with Gasteiger partial charge in [-0.3, -0.25) is 10.1 Å². The molecular weight excluding hydrogens is 391 g/mol. The van der Waals surface area contributed by atoms with E-state index in [2.05, 4.69) is 20.9 Å². The molecule has 8 nitrogen and oxygen atoms in total. The molecule has 158 valence electrons. The quantitative estimate of drug-likeness (QED) is 0.626. The number of hydrogen-bond acceptors (Lipinski definition) is 6. The van der Waals surface area contributed by atoms with Crippen molar-refractivity contribution in [2.75, 3.05) is 11.9 Å². The lowest BCUT2D eigenvalue weighted by molar-refractivity contribution is -0.123. The first-order chi connectivity index (χ1) is 14.5. The number of hydrogen-bond donors (Lipinski definition) is 3. The third-order valence-electron chi connectivity index (χ3n) is 4.68. The summed E-state index contributed by atoms with van der Waals surface area (Å²) >= 11 is 0. The predicted molar refractivity (Wildman–Crippen MR) is 108 cm³/mol. The highest BCUT2D eigenvalue weighted by atomic mass is 19.1. The Balaban J connectivity index is 1.52. The van der Waals surface area contributed by atoms with Gasteiger partial charge in [-0.2, -0.15) is 0 Å². The summed E-state index contributed by atoms with van der Waals surface area (Å²) in [5.74, 6) is -2.00. The van der Waals surface area contributed by atoms with Crippen molar-refractivity contribution in [3.8, 4) is 0 Å². The maximum Gasteiger partial charge on any atom is 0.342 e. The van der Waals surface area contributed by atoms with E-state index in [0.29, 0.717) is 0 Å². The zero-order valence-corrected chi connectivity index (χ0v) is 16.3. The molecular formula is C21H23FN4O4. The number of pyridine rings is 1. The highest BCUT2D eigenvalue weighted by Gasteiger charge is 2.19. The van der Waals surface area contributed by atoms with Crippen molar-refractivity contribution in [2.24, 2.45) is 0 Å². The van der Waals surface area contributed by atoms with Gasteiger partial charge >= 0.3 is 12.0 Å². The minimum atomic E-state index is -0.829. The molecule has 1 aliphatic carbocycles. The molecule has 9 heteroatoms. The van der Waals surface area contributed by atoms with Crippen molar-refractivity contribution in [3.05, 3.63) is 54.0 Å². The number of ether oxygens (including phenoxy) is 1. The molecule has 0 atom stereocenters. The highest BCUT2D eigenvalue weighted by molar-refractivity contribution is 5.99. The summed E-state index contributed by atoms with van der Waals surface area (Å²) in [6, 6.07) is 8.34. The van der Waals surface area contributed by atoms with Crippen LogP contribution in [0.1, 0.15) is 42.5 Å². The summed E-state index contributed by atoms with van der Waals surface area (Å²) in [6.45, 7) is -0.634. The molecule has 1 fully saturated rings. The molecule has 0 spiro atoms. The Hall–Kier alpha value is -3.49. The summed E-state index contributed by atoms with van der Waals surface area (Å²) in [6.07, 6.45) is 6.44. The fraction of sp³-hybridized carbons (Fsp3) is 0.333. The SMILES string of the molecule is O=C(COC(=O)c1cccnc1Nc1ccccc1F)NC(=O)NC1CCCCC1. The van der Waals surface area contributed by atoms with Crippen molar-refractivity contribution >= 4 is 29.4 Å². The number of benzene rings is 1. The van der Waals surface area contributed by atoms with E-state index in [1.54, 1.807) is 6.07 Å². The van der Waals surface area contributed by atoms with Crippen LogP contribution in [0.25, 0.3) is 0 Å². The van der Waals surface area contributed by atoms with Crippen LogP contribution in [0.2, 0.25) is 0 Å². The van der Waals surface area contributed by atoms with Crippen LogP contribution < -0.4 is 16.0 Å². The third kappa shape index (κ3) is 6.00. The van der Waals surface area contributed by atoms with Crippen LogP contribution in [0.4, 0.5) is 20.7 Å². The zero-order valence-electron chi connectivity index (χ0n) is 16.3. The predicted octanol–water partition coefficient (Wildman–Crippen LogP) is 3.28. The summed E-state index contributed by atoms with van der Waals surface area (Å²) < 4.78 is 18.8. The number of amides is 3. The number of urea groups is 1. The van der Waals surface area contributed by atoms with Gasteiger partial charge in [0.05, 0.1) is 5.69 Å². The number of anilines is 2. The second kappa shape index (κ2) is 10.3. The van der Waals surface area contributed by atoms with Crippen molar-refractivity contribution in [3.63, 3.8) is 0 Å². The molecule has 1 aromatic heterocycles. The molecule has 3 amide bonds. The Bertz CT molecular complexity index is 915. The molecule has 2 aromatic rings. The van der Waals surface area contributed by atoms with Crippen LogP contribution in [-0.2, 0) is 9.53 Å². The highest BCUT2D eigenvalue weighted by Crippen LogP contribution is 2.21. The molecule has 0 bridgehead atoms. The standard InChI is InChI=1S/C21H23FN4O4/c22-16-10-4-5-11-17(16)25-19-15(9-6-12-23-19)20(28)30-13-18(27)26-21(29)24-14-7-2-1-3-8-14/h4-6,9-12,14H,1-3,7-8,13H2,(H,23,25)(H2,24,26,27,29). The topological polar surface area (TPSA) is 109 Å². The average Bonchev–Trinajstić information content (AvgIpc) is 2.74. The molecule has 1 aromatic carbocycles. The second-order valence-corrected chi connectivity index (χ2v) is 6.94. The van der Waals surface area contributed by atoms with Crippen molar-refractivity contribution in [2.45, 2.75) is 38.1 Å². The summed E-state index contributed by atoms with van der Waals surface area (Å²) in [5, 5.41) is 7.63. The molecule has 30 heavy (non-hydrogen) atoms. The van der Waals surface area contributed by atoms with Crippen molar-refractivity contribution in [1.82, 2.24) is 15.6 Å². The maximum atomic E-state index is 13.9. The number of imide groups is 1. The van der Waals surface area contributed by atoms with E-state index in [1.165, 1.54) is 36.5 Å². The van der Waals surface area contributed by atoms with Gasteiger partial charge in [-0.1, -0.05) is 31.4 Å².